The van der Waals surface area contributed by atoms with E-state index in [2.05, 4.69) is 5.32 Å². The van der Waals surface area contributed by atoms with Crippen LogP contribution in [0.5, 0.6) is 11.5 Å². The van der Waals surface area contributed by atoms with Gasteiger partial charge < -0.3 is 24.6 Å². The second kappa shape index (κ2) is 9.17. The van der Waals surface area contributed by atoms with Gasteiger partial charge in [0.05, 0.1) is 26.9 Å². The van der Waals surface area contributed by atoms with Gasteiger partial charge in [0, 0.05) is 6.54 Å². The lowest BCUT2D eigenvalue weighted by atomic mass is 10.2. The van der Waals surface area contributed by atoms with Crippen molar-refractivity contribution in [1.29, 1.82) is 0 Å². The van der Waals surface area contributed by atoms with Crippen molar-refractivity contribution in [3.8, 4) is 11.5 Å². The van der Waals surface area contributed by atoms with Crippen molar-refractivity contribution < 1.29 is 24.1 Å². The molecule has 0 fully saturated rings. The van der Waals surface area contributed by atoms with Crippen molar-refractivity contribution in [2.75, 3.05) is 40.1 Å². The van der Waals surface area contributed by atoms with Gasteiger partial charge in [0.1, 0.15) is 0 Å². The molecule has 6 heteroatoms. The molecule has 1 aromatic carbocycles. The van der Waals surface area contributed by atoms with E-state index in [4.69, 9.17) is 19.3 Å². The van der Waals surface area contributed by atoms with Gasteiger partial charge in [-0.05, 0) is 24.6 Å². The summed E-state index contributed by atoms with van der Waals surface area (Å²) >= 11 is 0. The minimum Gasteiger partial charge on any atom is -0.493 e. The highest BCUT2D eigenvalue weighted by Gasteiger charge is 2.07. The van der Waals surface area contributed by atoms with Gasteiger partial charge >= 0.3 is 0 Å². The maximum Gasteiger partial charge on any atom is 0.258 e. The topological polar surface area (TPSA) is 77.0 Å². The Hall–Kier alpha value is -1.79. The molecule has 0 radical (unpaired) electrons. The van der Waals surface area contributed by atoms with E-state index in [1.807, 2.05) is 19.1 Å². The molecular weight excluding hydrogens is 262 g/mol. The minimum absolute atomic E-state index is 0.0235. The molecule has 0 atom stereocenters. The van der Waals surface area contributed by atoms with E-state index in [1.165, 1.54) is 0 Å². The molecule has 0 unspecified atom stereocenters. The number of amides is 1. The third-order valence-corrected chi connectivity index (χ3v) is 2.48. The summed E-state index contributed by atoms with van der Waals surface area (Å²) in [6.45, 7) is 2.86. The lowest BCUT2D eigenvalue weighted by Crippen LogP contribution is -2.31. The van der Waals surface area contributed by atoms with E-state index in [0.717, 1.165) is 5.56 Å². The third kappa shape index (κ3) is 5.90. The Kier molecular flexibility index (Phi) is 7.46. The fourth-order valence-electron chi connectivity index (χ4n) is 1.52. The normalized spacial score (nSPS) is 10.2. The van der Waals surface area contributed by atoms with Gasteiger partial charge in [0.25, 0.3) is 5.91 Å². The lowest BCUT2D eigenvalue weighted by molar-refractivity contribution is -0.123. The minimum atomic E-state index is -0.236. The summed E-state index contributed by atoms with van der Waals surface area (Å²) in [7, 11) is 1.56. The van der Waals surface area contributed by atoms with Crippen LogP contribution in [0.1, 0.15) is 5.56 Å². The number of hydrogen-bond acceptors (Lipinski definition) is 5. The van der Waals surface area contributed by atoms with Gasteiger partial charge in [0.15, 0.2) is 18.1 Å². The fourth-order valence-corrected chi connectivity index (χ4v) is 1.52. The standard InChI is InChI=1S/C14H21NO5/c1-11-3-4-12(13(9-11)18-2)20-10-14(17)15-5-7-19-8-6-16/h3-4,9,16H,5-8,10H2,1-2H3,(H,15,17). The number of nitrogens with one attached hydrogen (secondary N) is 1. The molecule has 1 amide bonds. The van der Waals surface area contributed by atoms with Crippen LogP contribution in [0.4, 0.5) is 0 Å². The fraction of sp³-hybridized carbons (Fsp3) is 0.500. The van der Waals surface area contributed by atoms with E-state index < -0.39 is 0 Å². The number of methoxy groups -OCH3 is 1. The molecule has 0 saturated carbocycles. The maximum absolute atomic E-state index is 11.5. The maximum atomic E-state index is 11.5. The highest BCUT2D eigenvalue weighted by atomic mass is 16.5. The Morgan fingerprint density at radius 2 is 2.10 bits per heavy atom. The first kappa shape index (κ1) is 16.3. The lowest BCUT2D eigenvalue weighted by Gasteiger charge is -2.11. The molecule has 0 aliphatic carbocycles. The molecule has 20 heavy (non-hydrogen) atoms. The highest BCUT2D eigenvalue weighted by Crippen LogP contribution is 2.27. The molecule has 112 valence electrons. The number of aryl methyl sites for hydroxylation is 1. The number of carbonyl (C=O) groups is 1. The molecule has 0 heterocycles. The number of rotatable bonds is 9. The van der Waals surface area contributed by atoms with Gasteiger partial charge in [0.2, 0.25) is 0 Å². The zero-order valence-corrected chi connectivity index (χ0v) is 11.8. The van der Waals surface area contributed by atoms with E-state index in [-0.39, 0.29) is 25.7 Å². The molecule has 0 saturated heterocycles. The van der Waals surface area contributed by atoms with Crippen molar-refractivity contribution in [3.05, 3.63) is 23.8 Å². The highest BCUT2D eigenvalue weighted by molar-refractivity contribution is 5.77. The monoisotopic (exact) mass is 283 g/mol. The van der Waals surface area contributed by atoms with Crippen molar-refractivity contribution >= 4 is 5.91 Å². The zero-order chi connectivity index (χ0) is 14.8. The number of aliphatic hydroxyl groups excluding tert-OH is 1. The van der Waals surface area contributed by atoms with Crippen LogP contribution in [0.2, 0.25) is 0 Å². The number of hydrogen-bond donors (Lipinski definition) is 2. The third-order valence-electron chi connectivity index (χ3n) is 2.48. The summed E-state index contributed by atoms with van der Waals surface area (Å²) < 4.78 is 15.6. The van der Waals surface area contributed by atoms with Crippen LogP contribution in [0.15, 0.2) is 18.2 Å². The molecule has 6 nitrogen and oxygen atoms in total. The Morgan fingerprint density at radius 1 is 1.30 bits per heavy atom. The van der Waals surface area contributed by atoms with E-state index in [0.29, 0.717) is 24.7 Å². The number of benzene rings is 1. The van der Waals surface area contributed by atoms with E-state index in [9.17, 15) is 4.79 Å². The molecule has 0 aliphatic heterocycles. The second-order valence-electron chi connectivity index (χ2n) is 4.13. The number of ether oxygens (including phenoxy) is 3. The van der Waals surface area contributed by atoms with Gasteiger partial charge in [-0.2, -0.15) is 0 Å². The predicted molar refractivity (Wildman–Crippen MR) is 74.1 cm³/mol. The summed E-state index contributed by atoms with van der Waals surface area (Å²) in [4.78, 5) is 11.5. The molecular formula is C14H21NO5. The van der Waals surface area contributed by atoms with E-state index in [1.54, 1.807) is 13.2 Å². The first-order chi connectivity index (χ1) is 9.67. The van der Waals surface area contributed by atoms with Crippen LogP contribution in [-0.4, -0.2) is 51.1 Å². The van der Waals surface area contributed by atoms with Crippen LogP contribution in [0.3, 0.4) is 0 Å². The van der Waals surface area contributed by atoms with Crippen LogP contribution in [0, 0.1) is 6.92 Å². The Bertz CT molecular complexity index is 422. The van der Waals surface area contributed by atoms with Gasteiger partial charge in [-0.25, -0.2) is 0 Å². The molecule has 2 N–H and O–H groups in total. The van der Waals surface area contributed by atoms with Crippen molar-refractivity contribution in [1.82, 2.24) is 5.32 Å². The van der Waals surface area contributed by atoms with Gasteiger partial charge in [-0.15, -0.1) is 0 Å². The number of aliphatic hydroxyl groups is 1. The Morgan fingerprint density at radius 3 is 2.80 bits per heavy atom. The van der Waals surface area contributed by atoms with Crippen LogP contribution < -0.4 is 14.8 Å². The summed E-state index contributed by atoms with van der Waals surface area (Å²) in [5.41, 5.74) is 1.06. The smallest absolute Gasteiger partial charge is 0.258 e. The van der Waals surface area contributed by atoms with Crippen molar-refractivity contribution in [3.63, 3.8) is 0 Å². The zero-order valence-electron chi connectivity index (χ0n) is 11.8. The van der Waals surface area contributed by atoms with Crippen LogP contribution in [-0.2, 0) is 9.53 Å². The largest absolute Gasteiger partial charge is 0.493 e. The Labute approximate surface area is 118 Å². The predicted octanol–water partition coefficient (Wildman–Crippen LogP) is 0.508. The average molecular weight is 283 g/mol. The average Bonchev–Trinajstić information content (AvgIpc) is 2.45. The summed E-state index contributed by atoms with van der Waals surface area (Å²) in [6, 6.07) is 5.50. The van der Waals surface area contributed by atoms with Gasteiger partial charge in [-0.1, -0.05) is 6.07 Å². The summed E-state index contributed by atoms with van der Waals surface area (Å²) in [6.07, 6.45) is 0. The second-order valence-corrected chi connectivity index (χ2v) is 4.13. The molecule has 0 spiro atoms. The first-order valence-electron chi connectivity index (χ1n) is 6.40. The molecule has 0 bridgehead atoms. The summed E-state index contributed by atoms with van der Waals surface area (Å²) in [5, 5.41) is 11.2. The van der Waals surface area contributed by atoms with Crippen LogP contribution >= 0.6 is 0 Å². The first-order valence-corrected chi connectivity index (χ1v) is 6.40. The SMILES string of the molecule is COc1cc(C)ccc1OCC(=O)NCCOCCO. The van der Waals surface area contributed by atoms with Crippen molar-refractivity contribution in [2.45, 2.75) is 6.92 Å². The van der Waals surface area contributed by atoms with E-state index >= 15 is 0 Å². The van der Waals surface area contributed by atoms with Gasteiger partial charge in [-0.3, -0.25) is 4.79 Å². The summed E-state index contributed by atoms with van der Waals surface area (Å²) in [5.74, 6) is 0.897. The molecule has 1 aromatic rings. The quantitative estimate of drug-likeness (QED) is 0.646. The molecule has 0 aliphatic rings. The molecule has 1 rings (SSSR count). The number of carbonyl (C=O) groups excluding carboxylic acids is 1. The van der Waals surface area contributed by atoms with Crippen molar-refractivity contribution in [2.24, 2.45) is 0 Å². The Balaban J connectivity index is 2.30. The van der Waals surface area contributed by atoms with Crippen LogP contribution in [0.25, 0.3) is 0 Å². The molecule has 0 aromatic heterocycles.